The number of rotatable bonds is 5. The van der Waals surface area contributed by atoms with Crippen LogP contribution in [0.2, 0.25) is 5.02 Å². The van der Waals surface area contributed by atoms with E-state index in [4.69, 9.17) is 21.1 Å². The summed E-state index contributed by atoms with van der Waals surface area (Å²) in [5, 5.41) is 0.596. The zero-order valence-electron chi connectivity index (χ0n) is 14.2. The van der Waals surface area contributed by atoms with Crippen molar-refractivity contribution in [1.82, 2.24) is 0 Å². The third-order valence-electron chi connectivity index (χ3n) is 4.02. The SMILES string of the molecule is CCOC1(C)Oc2ccccc2C=C1C(=O)/C=C/c1ccccc1Cl. The topological polar surface area (TPSA) is 35.5 Å². The van der Waals surface area contributed by atoms with Crippen LogP contribution < -0.4 is 4.74 Å². The van der Waals surface area contributed by atoms with E-state index in [-0.39, 0.29) is 5.78 Å². The Bertz CT molecular complexity index is 854. The number of para-hydroxylation sites is 1. The van der Waals surface area contributed by atoms with Gasteiger partial charge in [-0.2, -0.15) is 0 Å². The molecule has 0 aromatic heterocycles. The van der Waals surface area contributed by atoms with Gasteiger partial charge in [0.2, 0.25) is 5.79 Å². The van der Waals surface area contributed by atoms with Gasteiger partial charge in [-0.3, -0.25) is 4.79 Å². The van der Waals surface area contributed by atoms with Gasteiger partial charge in [0.05, 0.1) is 5.57 Å². The van der Waals surface area contributed by atoms with Gasteiger partial charge in [0.1, 0.15) is 5.75 Å². The van der Waals surface area contributed by atoms with E-state index in [2.05, 4.69) is 0 Å². The largest absolute Gasteiger partial charge is 0.458 e. The fraction of sp³-hybridized carbons (Fsp3) is 0.190. The first-order chi connectivity index (χ1) is 12.0. The molecule has 0 N–H and O–H groups in total. The van der Waals surface area contributed by atoms with Crippen molar-refractivity contribution in [3.05, 3.63) is 76.3 Å². The molecule has 4 heteroatoms. The van der Waals surface area contributed by atoms with Crippen molar-refractivity contribution in [3.8, 4) is 5.75 Å². The Morgan fingerprint density at radius 2 is 1.92 bits per heavy atom. The fourth-order valence-corrected chi connectivity index (χ4v) is 2.99. The van der Waals surface area contributed by atoms with Crippen LogP contribution in [-0.4, -0.2) is 18.2 Å². The lowest BCUT2D eigenvalue weighted by Gasteiger charge is -2.35. The molecule has 3 rings (SSSR count). The summed E-state index contributed by atoms with van der Waals surface area (Å²) in [6.07, 6.45) is 5.04. The second kappa shape index (κ2) is 7.26. The molecule has 2 aromatic carbocycles. The van der Waals surface area contributed by atoms with Crippen LogP contribution in [0.5, 0.6) is 5.75 Å². The Morgan fingerprint density at radius 3 is 2.68 bits per heavy atom. The average molecular weight is 355 g/mol. The van der Waals surface area contributed by atoms with E-state index >= 15 is 0 Å². The van der Waals surface area contributed by atoms with Crippen molar-refractivity contribution in [2.45, 2.75) is 19.6 Å². The molecule has 3 nitrogen and oxygen atoms in total. The summed E-state index contributed by atoms with van der Waals surface area (Å²) in [7, 11) is 0. The Kier molecular flexibility index (Phi) is 5.07. The number of carbonyl (C=O) groups excluding carboxylic acids is 1. The molecule has 0 amide bonds. The molecule has 1 heterocycles. The van der Waals surface area contributed by atoms with Crippen molar-refractivity contribution in [1.29, 1.82) is 0 Å². The van der Waals surface area contributed by atoms with E-state index in [9.17, 15) is 4.79 Å². The van der Waals surface area contributed by atoms with E-state index in [0.29, 0.717) is 23.0 Å². The summed E-state index contributed by atoms with van der Waals surface area (Å²) >= 11 is 6.14. The summed E-state index contributed by atoms with van der Waals surface area (Å²) in [5.41, 5.74) is 2.10. The molecule has 25 heavy (non-hydrogen) atoms. The van der Waals surface area contributed by atoms with Gasteiger partial charge in [-0.05, 0) is 42.8 Å². The minimum absolute atomic E-state index is 0.176. The van der Waals surface area contributed by atoms with E-state index in [0.717, 1.165) is 11.1 Å². The predicted molar refractivity (Wildman–Crippen MR) is 101 cm³/mol. The van der Waals surface area contributed by atoms with Crippen molar-refractivity contribution >= 4 is 29.5 Å². The predicted octanol–water partition coefficient (Wildman–Crippen LogP) is 5.15. The maximum absolute atomic E-state index is 12.8. The fourth-order valence-electron chi connectivity index (χ4n) is 2.79. The van der Waals surface area contributed by atoms with Crippen LogP contribution in [-0.2, 0) is 9.53 Å². The highest BCUT2D eigenvalue weighted by atomic mass is 35.5. The Hall–Kier alpha value is -2.36. The van der Waals surface area contributed by atoms with Gasteiger partial charge < -0.3 is 9.47 Å². The second-order valence-electron chi connectivity index (χ2n) is 5.80. The maximum Gasteiger partial charge on any atom is 0.238 e. The molecule has 0 saturated carbocycles. The highest BCUT2D eigenvalue weighted by Crippen LogP contribution is 2.37. The lowest BCUT2D eigenvalue weighted by atomic mass is 9.95. The molecular weight excluding hydrogens is 336 g/mol. The molecule has 0 radical (unpaired) electrons. The first-order valence-corrected chi connectivity index (χ1v) is 8.52. The highest BCUT2D eigenvalue weighted by Gasteiger charge is 2.39. The van der Waals surface area contributed by atoms with Crippen molar-refractivity contribution in [2.24, 2.45) is 0 Å². The normalized spacial score (nSPS) is 19.2. The second-order valence-corrected chi connectivity index (χ2v) is 6.20. The van der Waals surface area contributed by atoms with Crippen LogP contribution in [0.1, 0.15) is 25.0 Å². The molecule has 0 fully saturated rings. The van der Waals surface area contributed by atoms with Gasteiger partial charge >= 0.3 is 0 Å². The molecule has 1 atom stereocenters. The smallest absolute Gasteiger partial charge is 0.238 e. The Morgan fingerprint density at radius 1 is 1.20 bits per heavy atom. The number of ketones is 1. The van der Waals surface area contributed by atoms with E-state index in [1.54, 1.807) is 19.1 Å². The molecule has 1 aliphatic heterocycles. The van der Waals surface area contributed by atoms with Crippen molar-refractivity contribution in [2.75, 3.05) is 6.61 Å². The first-order valence-electron chi connectivity index (χ1n) is 8.14. The van der Waals surface area contributed by atoms with Gasteiger partial charge in [-0.1, -0.05) is 48.0 Å². The lowest BCUT2D eigenvalue weighted by molar-refractivity contribution is -0.146. The van der Waals surface area contributed by atoms with Gasteiger partial charge in [0, 0.05) is 24.1 Å². The van der Waals surface area contributed by atoms with Gasteiger partial charge in [0.25, 0.3) is 0 Å². The number of ether oxygens (including phenoxy) is 2. The van der Waals surface area contributed by atoms with E-state index in [1.807, 2.05) is 55.5 Å². The minimum atomic E-state index is -1.12. The van der Waals surface area contributed by atoms with Crippen LogP contribution in [0.3, 0.4) is 0 Å². The minimum Gasteiger partial charge on any atom is -0.458 e. The van der Waals surface area contributed by atoms with Crippen LogP contribution in [0.25, 0.3) is 12.2 Å². The number of hydrogen-bond acceptors (Lipinski definition) is 3. The lowest BCUT2D eigenvalue weighted by Crippen LogP contribution is -2.42. The van der Waals surface area contributed by atoms with E-state index in [1.165, 1.54) is 6.08 Å². The first kappa shape index (κ1) is 17.5. The Balaban J connectivity index is 1.96. The monoisotopic (exact) mass is 354 g/mol. The molecule has 2 aromatic rings. The molecule has 128 valence electrons. The summed E-state index contributed by atoms with van der Waals surface area (Å²) in [6.45, 7) is 4.06. The molecule has 0 aliphatic carbocycles. The van der Waals surface area contributed by atoms with E-state index < -0.39 is 5.79 Å². The molecule has 1 unspecified atom stereocenters. The number of benzene rings is 2. The molecule has 0 spiro atoms. The highest BCUT2D eigenvalue weighted by molar-refractivity contribution is 6.32. The maximum atomic E-state index is 12.8. The zero-order chi connectivity index (χ0) is 17.9. The third kappa shape index (κ3) is 3.68. The van der Waals surface area contributed by atoms with Gasteiger partial charge in [-0.25, -0.2) is 0 Å². The summed E-state index contributed by atoms with van der Waals surface area (Å²) < 4.78 is 11.8. The quantitative estimate of drug-likeness (QED) is 0.696. The number of hydrogen-bond donors (Lipinski definition) is 0. The summed E-state index contributed by atoms with van der Waals surface area (Å²) in [5.74, 6) is -0.596. The zero-order valence-corrected chi connectivity index (χ0v) is 14.9. The van der Waals surface area contributed by atoms with Crippen LogP contribution in [0.15, 0.2) is 60.2 Å². The molecule has 0 bridgehead atoms. The Labute approximate surface area is 152 Å². The average Bonchev–Trinajstić information content (AvgIpc) is 2.60. The molecular formula is C21H19ClO3. The van der Waals surface area contributed by atoms with Crippen molar-refractivity contribution in [3.63, 3.8) is 0 Å². The third-order valence-corrected chi connectivity index (χ3v) is 4.36. The number of halogens is 1. The van der Waals surface area contributed by atoms with Crippen LogP contribution in [0.4, 0.5) is 0 Å². The van der Waals surface area contributed by atoms with Crippen LogP contribution >= 0.6 is 11.6 Å². The number of carbonyl (C=O) groups is 1. The number of allylic oxidation sites excluding steroid dienone is 1. The van der Waals surface area contributed by atoms with Crippen molar-refractivity contribution < 1.29 is 14.3 Å². The summed E-state index contributed by atoms with van der Waals surface area (Å²) in [6, 6.07) is 14.9. The standard InChI is InChI=1S/C21H19ClO3/c1-3-24-21(2)17(14-16-9-5-7-11-20(16)25-21)19(23)13-12-15-8-4-6-10-18(15)22/h4-14H,3H2,1-2H3/b13-12+. The number of fused-ring (bicyclic) bond motifs is 1. The van der Waals surface area contributed by atoms with Gasteiger partial charge in [0.15, 0.2) is 5.78 Å². The molecule has 0 saturated heterocycles. The van der Waals surface area contributed by atoms with Gasteiger partial charge in [-0.15, -0.1) is 0 Å². The summed E-state index contributed by atoms with van der Waals surface area (Å²) in [4.78, 5) is 12.8. The molecule has 1 aliphatic rings. The van der Waals surface area contributed by atoms with Crippen LogP contribution in [0, 0.1) is 0 Å².